The number of carbonyl (C=O) groups excluding carboxylic acids is 4. The summed E-state index contributed by atoms with van der Waals surface area (Å²) in [6.07, 6.45) is 8.45. The van der Waals surface area contributed by atoms with Gasteiger partial charge in [0.25, 0.3) is 5.91 Å². The molecule has 0 radical (unpaired) electrons. The van der Waals surface area contributed by atoms with Gasteiger partial charge in [-0.05, 0) is 29.7 Å². The van der Waals surface area contributed by atoms with E-state index in [1.807, 2.05) is 35.2 Å². The minimum atomic E-state index is -0.938. The molecule has 1 spiro atoms. The molecule has 2 aliphatic carbocycles. The van der Waals surface area contributed by atoms with Gasteiger partial charge in [-0.15, -0.1) is 0 Å². The summed E-state index contributed by atoms with van der Waals surface area (Å²) < 4.78 is 8.36. The van der Waals surface area contributed by atoms with Crippen molar-refractivity contribution in [3.63, 3.8) is 0 Å². The highest BCUT2D eigenvalue weighted by atomic mass is 16.5. The van der Waals surface area contributed by atoms with Crippen LogP contribution in [0.5, 0.6) is 0 Å². The number of benzene rings is 1. The molecule has 4 saturated heterocycles. The van der Waals surface area contributed by atoms with Gasteiger partial charge in [-0.2, -0.15) is 5.10 Å². The van der Waals surface area contributed by atoms with Gasteiger partial charge in [0.05, 0.1) is 30.3 Å². The number of fused-ring (bicyclic) bond motifs is 3. The summed E-state index contributed by atoms with van der Waals surface area (Å²) in [4.78, 5) is 59.0. The Morgan fingerprint density at radius 1 is 1.07 bits per heavy atom. The number of ether oxygens (including phenoxy) is 1. The first-order valence-electron chi connectivity index (χ1n) is 16.9. The van der Waals surface area contributed by atoms with Crippen LogP contribution in [-0.2, 0) is 25.7 Å². The van der Waals surface area contributed by atoms with E-state index in [9.17, 15) is 19.2 Å². The monoisotopic (exact) mass is 630 g/mol. The fourth-order valence-electron chi connectivity index (χ4n) is 8.86. The predicted molar refractivity (Wildman–Crippen MR) is 169 cm³/mol. The third kappa shape index (κ3) is 5.40. The number of nitrogens with zero attached hydrogens (tertiary/aromatic N) is 4. The molecule has 5 heterocycles. The number of carbonyl (C=O) groups is 4. The molecule has 6 fully saturated rings. The van der Waals surface area contributed by atoms with Crippen LogP contribution < -0.4 is 10.6 Å². The minimum absolute atomic E-state index is 0.0580. The molecule has 2 saturated carbocycles. The van der Waals surface area contributed by atoms with Crippen LogP contribution in [0.1, 0.15) is 61.9 Å². The standard InChI is InChI=1S/C35H46N6O5/c1-34(2)26-27(34)33(45)40-20-35(21-40)19-39(32(44)24-14-37-41(16-24)15-22-10-6-4-7-11-22)17-25(35)30(42)38-28(31(43)36-3)29(26)46-18-23-12-8-5-9-13-23/h4,6-7,10-11,14,16,23,25-29H,5,8-9,12-13,15,17-21H2,1-3H3,(H,36,43)(H,38,42)/t25-,26?,27-,28+,29-/m1/s1. The average molecular weight is 631 g/mol. The van der Waals surface area contributed by atoms with E-state index in [2.05, 4.69) is 29.6 Å². The molecule has 4 aliphatic heterocycles. The highest BCUT2D eigenvalue weighted by molar-refractivity contribution is 5.96. The van der Waals surface area contributed by atoms with Crippen LogP contribution in [0, 0.1) is 34.5 Å². The molecule has 6 aliphatic rings. The average Bonchev–Trinajstić information content (AvgIpc) is 3.37. The van der Waals surface area contributed by atoms with E-state index in [-0.39, 0.29) is 47.4 Å². The van der Waals surface area contributed by atoms with E-state index in [1.54, 1.807) is 29.0 Å². The second-order valence-corrected chi connectivity index (χ2v) is 14.9. The van der Waals surface area contributed by atoms with Crippen LogP contribution in [0.15, 0.2) is 42.7 Å². The summed E-state index contributed by atoms with van der Waals surface area (Å²) in [5, 5.41) is 10.3. The van der Waals surface area contributed by atoms with Crippen molar-refractivity contribution in [3.05, 3.63) is 53.9 Å². The number of rotatable bonds is 7. The first-order chi connectivity index (χ1) is 22.1. The van der Waals surface area contributed by atoms with E-state index in [0.717, 1.165) is 18.4 Å². The number of likely N-dealkylation sites (N-methyl/N-ethyl adjacent to an activating group) is 1. The van der Waals surface area contributed by atoms with Crippen LogP contribution in [0.4, 0.5) is 0 Å². The Morgan fingerprint density at radius 3 is 2.52 bits per heavy atom. The zero-order chi connectivity index (χ0) is 32.2. The number of hydrogen-bond acceptors (Lipinski definition) is 6. The lowest BCUT2D eigenvalue weighted by molar-refractivity contribution is -0.151. The fourth-order valence-corrected chi connectivity index (χ4v) is 8.86. The quantitative estimate of drug-likeness (QED) is 0.484. The number of amides is 4. The van der Waals surface area contributed by atoms with Gasteiger partial charge in [-0.3, -0.25) is 23.9 Å². The molecule has 46 heavy (non-hydrogen) atoms. The lowest BCUT2D eigenvalue weighted by Gasteiger charge is -2.50. The molecule has 2 N–H and O–H groups in total. The molecule has 4 amide bonds. The Hall–Kier alpha value is -3.73. The maximum Gasteiger partial charge on any atom is 0.257 e. The fraction of sp³-hybridized carbons (Fsp3) is 0.629. The summed E-state index contributed by atoms with van der Waals surface area (Å²) in [7, 11) is 1.57. The topological polar surface area (TPSA) is 126 Å². The van der Waals surface area contributed by atoms with Crippen LogP contribution >= 0.6 is 0 Å². The second-order valence-electron chi connectivity index (χ2n) is 14.9. The van der Waals surface area contributed by atoms with Crippen LogP contribution in [-0.4, -0.2) is 95.2 Å². The van der Waals surface area contributed by atoms with Crippen LogP contribution in [0.3, 0.4) is 0 Å². The van der Waals surface area contributed by atoms with Crippen molar-refractivity contribution in [2.75, 3.05) is 39.8 Å². The lowest BCUT2D eigenvalue weighted by atomic mass is 9.71. The van der Waals surface area contributed by atoms with Crippen molar-refractivity contribution in [1.82, 2.24) is 30.2 Å². The molecular formula is C35H46N6O5. The van der Waals surface area contributed by atoms with Gasteiger partial charge in [0, 0.05) is 63.3 Å². The molecule has 11 heteroatoms. The predicted octanol–water partition coefficient (Wildman–Crippen LogP) is 2.31. The largest absolute Gasteiger partial charge is 0.375 e. The molecule has 5 atom stereocenters. The molecule has 1 aromatic carbocycles. The Morgan fingerprint density at radius 2 is 1.80 bits per heavy atom. The number of likely N-dealkylation sites (tertiary alicyclic amines) is 1. The lowest BCUT2D eigenvalue weighted by Crippen LogP contribution is -2.65. The SMILES string of the molecule is CNC(=O)[C@H]1NC(=O)[C@H]2CN(C(=O)c3cnn(Cc4ccccc4)c3)CC23CN(C3)C(=O)[C@H]2C([C@H]1OCC1CCCCC1)C2(C)C. The van der Waals surface area contributed by atoms with Gasteiger partial charge >= 0.3 is 0 Å². The van der Waals surface area contributed by atoms with Gasteiger partial charge in [0.1, 0.15) is 6.04 Å². The summed E-state index contributed by atoms with van der Waals surface area (Å²) in [5.74, 6) is -1.35. The highest BCUT2D eigenvalue weighted by Gasteiger charge is 2.70. The molecule has 11 nitrogen and oxygen atoms in total. The molecule has 1 aromatic heterocycles. The van der Waals surface area contributed by atoms with Gasteiger partial charge in [0.15, 0.2) is 0 Å². The smallest absolute Gasteiger partial charge is 0.257 e. The highest BCUT2D eigenvalue weighted by Crippen LogP contribution is 2.63. The molecule has 246 valence electrons. The van der Waals surface area contributed by atoms with E-state index >= 15 is 0 Å². The third-order valence-electron chi connectivity index (χ3n) is 11.6. The van der Waals surface area contributed by atoms with E-state index in [4.69, 9.17) is 4.74 Å². The van der Waals surface area contributed by atoms with Gasteiger partial charge in [0.2, 0.25) is 17.7 Å². The van der Waals surface area contributed by atoms with Crippen molar-refractivity contribution >= 4 is 23.6 Å². The molecule has 8 rings (SSSR count). The van der Waals surface area contributed by atoms with Gasteiger partial charge in [-0.25, -0.2) is 0 Å². The van der Waals surface area contributed by atoms with Gasteiger partial charge in [-0.1, -0.05) is 63.4 Å². The van der Waals surface area contributed by atoms with Gasteiger partial charge < -0.3 is 25.2 Å². The van der Waals surface area contributed by atoms with Crippen molar-refractivity contribution in [3.8, 4) is 0 Å². The maximum absolute atomic E-state index is 14.2. The first kappa shape index (κ1) is 30.9. The van der Waals surface area contributed by atoms with E-state index in [0.29, 0.717) is 44.3 Å². The molecule has 2 bridgehead atoms. The zero-order valence-electron chi connectivity index (χ0n) is 27.1. The molecule has 1 unspecified atom stereocenters. The van der Waals surface area contributed by atoms with Crippen LogP contribution in [0.25, 0.3) is 0 Å². The Balaban J connectivity index is 1.13. The first-order valence-corrected chi connectivity index (χ1v) is 16.9. The Kier molecular flexibility index (Phi) is 7.93. The number of nitrogens with one attached hydrogen (secondary N) is 2. The van der Waals surface area contributed by atoms with Crippen molar-refractivity contribution in [1.29, 1.82) is 0 Å². The van der Waals surface area contributed by atoms with E-state index < -0.39 is 23.5 Å². The summed E-state index contributed by atoms with van der Waals surface area (Å²) in [5.41, 5.74) is 0.599. The van der Waals surface area contributed by atoms with Crippen molar-refractivity contribution in [2.45, 2.75) is 64.6 Å². The molecule has 2 aromatic rings. The Labute approximate surface area is 270 Å². The Bertz CT molecular complexity index is 1490. The summed E-state index contributed by atoms with van der Waals surface area (Å²) >= 11 is 0. The summed E-state index contributed by atoms with van der Waals surface area (Å²) in [6, 6.07) is 8.98. The normalized spacial score (nSPS) is 29.9. The maximum atomic E-state index is 14.2. The minimum Gasteiger partial charge on any atom is -0.375 e. The van der Waals surface area contributed by atoms with E-state index in [1.165, 1.54) is 19.3 Å². The van der Waals surface area contributed by atoms with Crippen molar-refractivity contribution < 1.29 is 23.9 Å². The number of hydrogen-bond donors (Lipinski definition) is 2. The zero-order valence-corrected chi connectivity index (χ0v) is 27.1. The number of aromatic nitrogens is 2. The summed E-state index contributed by atoms with van der Waals surface area (Å²) in [6.45, 7) is 6.60. The molecular weight excluding hydrogens is 584 g/mol. The van der Waals surface area contributed by atoms with Crippen LogP contribution in [0.2, 0.25) is 0 Å². The third-order valence-corrected chi connectivity index (χ3v) is 11.6. The second kappa shape index (κ2) is 11.8. The van der Waals surface area contributed by atoms with Crippen molar-refractivity contribution in [2.24, 2.45) is 34.5 Å².